The summed E-state index contributed by atoms with van der Waals surface area (Å²) < 4.78 is 3.42. The number of fused-ring (bicyclic) bond motifs is 1. The third-order valence-corrected chi connectivity index (χ3v) is 4.06. The standard InChI is InChI=1S/C14H19N3O/c1-15-13(9-4-5-9)10-6-7-11-12(8-10)17(3)14(18)16(11)2/h6-9,13,15H,4-5H2,1-3H3. The number of benzene rings is 1. The van der Waals surface area contributed by atoms with E-state index >= 15 is 0 Å². The Hall–Kier alpha value is -1.55. The summed E-state index contributed by atoms with van der Waals surface area (Å²) in [5.41, 5.74) is 3.33. The number of hydrogen-bond donors (Lipinski definition) is 1. The maximum Gasteiger partial charge on any atom is 0.328 e. The lowest BCUT2D eigenvalue weighted by Crippen LogP contribution is -2.19. The molecule has 2 aromatic rings. The molecule has 1 aromatic carbocycles. The molecule has 1 unspecified atom stereocenters. The first kappa shape index (κ1) is 11.5. The summed E-state index contributed by atoms with van der Waals surface area (Å²) in [7, 11) is 5.66. The van der Waals surface area contributed by atoms with Crippen LogP contribution in [0.1, 0.15) is 24.4 Å². The molecule has 0 bridgehead atoms. The van der Waals surface area contributed by atoms with Crippen LogP contribution < -0.4 is 11.0 Å². The van der Waals surface area contributed by atoms with Crippen LogP contribution in [-0.2, 0) is 14.1 Å². The first-order chi connectivity index (χ1) is 8.63. The molecule has 1 saturated carbocycles. The molecule has 0 aliphatic heterocycles. The Bertz CT molecular complexity index is 649. The van der Waals surface area contributed by atoms with Gasteiger partial charge >= 0.3 is 5.69 Å². The van der Waals surface area contributed by atoms with Crippen molar-refractivity contribution < 1.29 is 0 Å². The Kier molecular flexibility index (Phi) is 2.55. The van der Waals surface area contributed by atoms with Gasteiger partial charge in [0.25, 0.3) is 0 Å². The zero-order valence-corrected chi connectivity index (χ0v) is 11.1. The van der Waals surface area contributed by atoms with Crippen molar-refractivity contribution in [3.63, 3.8) is 0 Å². The van der Waals surface area contributed by atoms with Crippen LogP contribution in [0.25, 0.3) is 11.0 Å². The fourth-order valence-electron chi connectivity index (χ4n) is 2.82. The summed E-state index contributed by atoms with van der Waals surface area (Å²) in [5, 5.41) is 3.39. The van der Waals surface area contributed by atoms with Crippen LogP contribution >= 0.6 is 0 Å². The highest BCUT2D eigenvalue weighted by atomic mass is 16.1. The molecule has 0 saturated heterocycles. The van der Waals surface area contributed by atoms with Gasteiger partial charge in [0.15, 0.2) is 0 Å². The minimum absolute atomic E-state index is 0.0366. The summed E-state index contributed by atoms with van der Waals surface area (Å²) >= 11 is 0. The summed E-state index contributed by atoms with van der Waals surface area (Å²) in [4.78, 5) is 11.9. The Morgan fingerprint density at radius 1 is 1.22 bits per heavy atom. The average molecular weight is 245 g/mol. The van der Waals surface area contributed by atoms with Crippen molar-refractivity contribution in [1.82, 2.24) is 14.5 Å². The van der Waals surface area contributed by atoms with Crippen LogP contribution in [-0.4, -0.2) is 16.2 Å². The number of aromatic nitrogens is 2. The summed E-state index contributed by atoms with van der Waals surface area (Å²) in [6, 6.07) is 6.76. The van der Waals surface area contributed by atoms with Gasteiger partial charge < -0.3 is 5.32 Å². The van der Waals surface area contributed by atoms with Gasteiger partial charge in [0.05, 0.1) is 11.0 Å². The average Bonchev–Trinajstić information content (AvgIpc) is 3.18. The van der Waals surface area contributed by atoms with E-state index in [1.54, 1.807) is 9.13 Å². The second-order valence-electron chi connectivity index (χ2n) is 5.25. The van der Waals surface area contributed by atoms with E-state index in [9.17, 15) is 4.79 Å². The quantitative estimate of drug-likeness (QED) is 0.891. The van der Waals surface area contributed by atoms with Gasteiger partial charge in [-0.3, -0.25) is 9.13 Å². The number of hydrogen-bond acceptors (Lipinski definition) is 2. The first-order valence-corrected chi connectivity index (χ1v) is 6.46. The van der Waals surface area contributed by atoms with Crippen LogP contribution in [0.2, 0.25) is 0 Å². The van der Waals surface area contributed by atoms with E-state index < -0.39 is 0 Å². The van der Waals surface area contributed by atoms with Gasteiger partial charge in [0.1, 0.15) is 0 Å². The second-order valence-corrected chi connectivity index (χ2v) is 5.25. The highest BCUT2D eigenvalue weighted by molar-refractivity contribution is 5.77. The Labute approximate surface area is 106 Å². The second kappa shape index (κ2) is 3.99. The largest absolute Gasteiger partial charge is 0.328 e. The maximum absolute atomic E-state index is 11.9. The normalized spacial score (nSPS) is 17.3. The van der Waals surface area contributed by atoms with Crippen molar-refractivity contribution in [2.75, 3.05) is 7.05 Å². The zero-order chi connectivity index (χ0) is 12.9. The molecule has 0 amide bonds. The van der Waals surface area contributed by atoms with E-state index in [4.69, 9.17) is 0 Å². The Morgan fingerprint density at radius 2 is 1.89 bits per heavy atom. The minimum atomic E-state index is 0.0366. The van der Waals surface area contributed by atoms with Gasteiger partial charge in [-0.15, -0.1) is 0 Å². The topological polar surface area (TPSA) is 39.0 Å². The lowest BCUT2D eigenvalue weighted by Gasteiger charge is -2.16. The van der Waals surface area contributed by atoms with Crippen LogP contribution in [0.4, 0.5) is 0 Å². The molecule has 1 aromatic heterocycles. The SMILES string of the molecule is CNC(c1ccc2c(c1)n(C)c(=O)n2C)C1CC1. The van der Waals surface area contributed by atoms with Crippen LogP contribution in [0.15, 0.2) is 23.0 Å². The molecule has 0 spiro atoms. The van der Waals surface area contributed by atoms with E-state index in [-0.39, 0.29) is 5.69 Å². The summed E-state index contributed by atoms with van der Waals surface area (Å²) in [6.07, 6.45) is 2.61. The maximum atomic E-state index is 11.9. The Morgan fingerprint density at radius 3 is 2.50 bits per heavy atom. The summed E-state index contributed by atoms with van der Waals surface area (Å²) in [5.74, 6) is 0.758. The molecular formula is C14H19N3O. The predicted octanol–water partition coefficient (Wildman–Crippen LogP) is 1.55. The minimum Gasteiger partial charge on any atom is -0.313 e. The van der Waals surface area contributed by atoms with E-state index in [1.165, 1.54) is 18.4 Å². The molecule has 1 fully saturated rings. The van der Waals surface area contributed by atoms with Gasteiger partial charge in [-0.25, -0.2) is 4.79 Å². The van der Waals surface area contributed by atoms with Gasteiger partial charge in [0, 0.05) is 20.1 Å². The predicted molar refractivity (Wildman–Crippen MR) is 72.7 cm³/mol. The third kappa shape index (κ3) is 1.60. The zero-order valence-electron chi connectivity index (χ0n) is 11.1. The van der Waals surface area contributed by atoms with Crippen LogP contribution in [0.5, 0.6) is 0 Å². The van der Waals surface area contributed by atoms with E-state index in [0.717, 1.165) is 17.0 Å². The molecular weight excluding hydrogens is 226 g/mol. The van der Waals surface area contributed by atoms with Gasteiger partial charge in [-0.2, -0.15) is 0 Å². The van der Waals surface area contributed by atoms with Crippen LogP contribution in [0.3, 0.4) is 0 Å². The smallest absolute Gasteiger partial charge is 0.313 e. The van der Waals surface area contributed by atoms with Gasteiger partial charge in [-0.05, 0) is 43.5 Å². The number of nitrogens with zero attached hydrogens (tertiary/aromatic N) is 2. The molecule has 18 heavy (non-hydrogen) atoms. The molecule has 1 atom stereocenters. The molecule has 4 heteroatoms. The summed E-state index contributed by atoms with van der Waals surface area (Å²) in [6.45, 7) is 0. The number of imidazole rings is 1. The van der Waals surface area contributed by atoms with Gasteiger partial charge in [-0.1, -0.05) is 6.07 Å². The molecule has 96 valence electrons. The molecule has 1 N–H and O–H groups in total. The molecule has 1 aliphatic carbocycles. The fraction of sp³-hybridized carbons (Fsp3) is 0.500. The van der Waals surface area contributed by atoms with Crippen molar-refractivity contribution in [1.29, 1.82) is 0 Å². The molecule has 4 nitrogen and oxygen atoms in total. The first-order valence-electron chi connectivity index (χ1n) is 6.46. The number of rotatable bonds is 3. The van der Waals surface area contributed by atoms with Crippen molar-refractivity contribution in [2.24, 2.45) is 20.0 Å². The fourth-order valence-corrected chi connectivity index (χ4v) is 2.82. The van der Waals surface area contributed by atoms with Crippen molar-refractivity contribution in [3.05, 3.63) is 34.2 Å². The van der Waals surface area contributed by atoms with E-state index in [1.807, 2.05) is 21.1 Å². The lowest BCUT2D eigenvalue weighted by atomic mass is 10.0. The number of nitrogens with one attached hydrogen (secondary N) is 1. The molecule has 1 aliphatic rings. The van der Waals surface area contributed by atoms with Crippen molar-refractivity contribution >= 4 is 11.0 Å². The molecule has 3 rings (SSSR count). The Balaban J connectivity index is 2.15. The van der Waals surface area contributed by atoms with Crippen molar-refractivity contribution in [2.45, 2.75) is 18.9 Å². The van der Waals surface area contributed by atoms with Crippen molar-refractivity contribution in [3.8, 4) is 0 Å². The molecule has 1 heterocycles. The molecule has 0 radical (unpaired) electrons. The highest BCUT2D eigenvalue weighted by Crippen LogP contribution is 2.41. The van der Waals surface area contributed by atoms with E-state index in [0.29, 0.717) is 6.04 Å². The lowest BCUT2D eigenvalue weighted by molar-refractivity contribution is 0.529. The number of aryl methyl sites for hydroxylation is 2. The van der Waals surface area contributed by atoms with E-state index in [2.05, 4.69) is 23.5 Å². The van der Waals surface area contributed by atoms with Gasteiger partial charge in [0.2, 0.25) is 0 Å². The monoisotopic (exact) mass is 245 g/mol. The third-order valence-electron chi connectivity index (χ3n) is 4.06. The highest BCUT2D eigenvalue weighted by Gasteiger charge is 2.31. The van der Waals surface area contributed by atoms with Crippen LogP contribution in [0, 0.1) is 5.92 Å².